The van der Waals surface area contributed by atoms with Gasteiger partial charge in [-0.05, 0) is 31.2 Å². The summed E-state index contributed by atoms with van der Waals surface area (Å²) in [4.78, 5) is 29.9. The Balaban J connectivity index is 1.64. The van der Waals surface area contributed by atoms with Gasteiger partial charge in [0, 0.05) is 17.8 Å². The fourth-order valence-corrected chi connectivity index (χ4v) is 3.55. The van der Waals surface area contributed by atoms with Crippen molar-refractivity contribution in [3.63, 3.8) is 0 Å². The van der Waals surface area contributed by atoms with Crippen LogP contribution < -0.4 is 10.9 Å². The Labute approximate surface area is 143 Å². The lowest BCUT2D eigenvalue weighted by atomic mass is 10.0. The zero-order valence-corrected chi connectivity index (χ0v) is 14.0. The van der Waals surface area contributed by atoms with Crippen LogP contribution in [-0.4, -0.2) is 15.3 Å². The third-order valence-electron chi connectivity index (χ3n) is 4.40. The summed E-state index contributed by atoms with van der Waals surface area (Å²) in [5, 5.41) is 4.82. The van der Waals surface area contributed by atoms with Crippen molar-refractivity contribution in [1.29, 1.82) is 0 Å². The molecule has 122 valence electrons. The molecule has 5 nitrogen and oxygen atoms in total. The molecule has 1 aliphatic carbocycles. The van der Waals surface area contributed by atoms with Gasteiger partial charge in [-0.15, -0.1) is 11.3 Å². The number of thiazole rings is 1. The number of hydrogen-bond donors (Lipinski definition) is 1. The van der Waals surface area contributed by atoms with E-state index in [-0.39, 0.29) is 23.1 Å². The molecule has 4 rings (SSSR count). The summed E-state index contributed by atoms with van der Waals surface area (Å²) in [5.74, 6) is 0.0859. The highest BCUT2D eigenvalue weighted by Crippen LogP contribution is 2.41. The van der Waals surface area contributed by atoms with Gasteiger partial charge in [-0.2, -0.15) is 0 Å². The van der Waals surface area contributed by atoms with Crippen LogP contribution in [0.25, 0.3) is 4.96 Å². The molecule has 2 aromatic heterocycles. The van der Waals surface area contributed by atoms with Gasteiger partial charge in [-0.25, -0.2) is 4.98 Å². The van der Waals surface area contributed by atoms with Gasteiger partial charge in [0.1, 0.15) is 5.56 Å². The molecule has 1 atom stereocenters. The molecule has 1 aliphatic rings. The average Bonchev–Trinajstić information content (AvgIpc) is 3.30. The molecule has 0 aliphatic heterocycles. The zero-order valence-electron chi connectivity index (χ0n) is 13.2. The summed E-state index contributed by atoms with van der Waals surface area (Å²) in [6.45, 7) is 2.04. The minimum absolute atomic E-state index is 0.0549. The Kier molecular flexibility index (Phi) is 3.69. The number of nitrogens with zero attached hydrogens (tertiary/aromatic N) is 2. The molecule has 0 bridgehead atoms. The fourth-order valence-electron chi connectivity index (χ4n) is 2.88. The fraction of sp³-hybridized carbons (Fsp3) is 0.278. The molecule has 1 N–H and O–H groups in total. The molecule has 1 saturated carbocycles. The standard InChI is InChI=1S/C18H17N3O2S/c1-11-2-4-12(5-3-11)15(13-6-7-13)20-16(22)14-10-19-18-21(17(14)23)8-9-24-18/h2-5,8-10,13,15H,6-7H2,1H3,(H,20,22). The number of rotatable bonds is 4. The molecule has 24 heavy (non-hydrogen) atoms. The number of aromatic nitrogens is 2. The Bertz CT molecular complexity index is 954. The maximum atomic E-state index is 12.7. The lowest BCUT2D eigenvalue weighted by molar-refractivity contribution is 0.0929. The van der Waals surface area contributed by atoms with E-state index in [1.165, 1.54) is 27.5 Å². The summed E-state index contributed by atoms with van der Waals surface area (Å²) < 4.78 is 1.41. The van der Waals surface area contributed by atoms with E-state index in [1.54, 1.807) is 11.6 Å². The lowest BCUT2D eigenvalue weighted by Crippen LogP contribution is -2.34. The van der Waals surface area contributed by atoms with Crippen LogP contribution in [0.2, 0.25) is 0 Å². The molecule has 0 radical (unpaired) electrons. The maximum Gasteiger partial charge on any atom is 0.271 e. The summed E-state index contributed by atoms with van der Waals surface area (Å²) in [7, 11) is 0. The van der Waals surface area contributed by atoms with Crippen LogP contribution >= 0.6 is 11.3 Å². The first-order valence-electron chi connectivity index (χ1n) is 7.96. The molecule has 0 spiro atoms. The lowest BCUT2D eigenvalue weighted by Gasteiger charge is -2.19. The van der Waals surface area contributed by atoms with E-state index in [2.05, 4.69) is 10.3 Å². The Morgan fingerprint density at radius 1 is 1.33 bits per heavy atom. The highest BCUT2D eigenvalue weighted by molar-refractivity contribution is 7.15. The number of nitrogens with one attached hydrogen (secondary N) is 1. The summed E-state index contributed by atoms with van der Waals surface area (Å²) in [6, 6.07) is 8.13. The van der Waals surface area contributed by atoms with Crippen molar-refractivity contribution in [2.45, 2.75) is 25.8 Å². The normalized spacial score (nSPS) is 15.4. The average molecular weight is 339 g/mol. The van der Waals surface area contributed by atoms with Gasteiger partial charge in [0.2, 0.25) is 0 Å². The SMILES string of the molecule is Cc1ccc(C(NC(=O)c2cnc3sccn3c2=O)C2CC2)cc1. The van der Waals surface area contributed by atoms with Crippen LogP contribution in [0.3, 0.4) is 0 Å². The van der Waals surface area contributed by atoms with E-state index >= 15 is 0 Å². The van der Waals surface area contributed by atoms with E-state index in [0.717, 1.165) is 18.4 Å². The van der Waals surface area contributed by atoms with E-state index in [9.17, 15) is 9.59 Å². The summed E-state index contributed by atoms with van der Waals surface area (Å²) >= 11 is 1.37. The number of hydrogen-bond acceptors (Lipinski definition) is 4. The van der Waals surface area contributed by atoms with Crippen molar-refractivity contribution >= 4 is 22.2 Å². The molecule has 1 aromatic carbocycles. The van der Waals surface area contributed by atoms with Gasteiger partial charge in [-0.1, -0.05) is 29.8 Å². The Morgan fingerprint density at radius 2 is 2.08 bits per heavy atom. The van der Waals surface area contributed by atoms with Gasteiger partial charge < -0.3 is 5.32 Å². The van der Waals surface area contributed by atoms with Crippen molar-refractivity contribution in [2.24, 2.45) is 5.92 Å². The highest BCUT2D eigenvalue weighted by Gasteiger charge is 2.34. The van der Waals surface area contributed by atoms with Gasteiger partial charge in [0.05, 0.1) is 6.04 Å². The summed E-state index contributed by atoms with van der Waals surface area (Å²) in [6.07, 6.45) is 5.21. The number of carbonyl (C=O) groups is 1. The first-order chi connectivity index (χ1) is 11.6. The van der Waals surface area contributed by atoms with Crippen LogP contribution in [0, 0.1) is 12.8 Å². The van der Waals surface area contributed by atoms with E-state index in [4.69, 9.17) is 0 Å². The largest absolute Gasteiger partial charge is 0.345 e. The van der Waals surface area contributed by atoms with E-state index in [0.29, 0.717) is 10.9 Å². The maximum absolute atomic E-state index is 12.7. The second kappa shape index (κ2) is 5.87. The van der Waals surface area contributed by atoms with Crippen LogP contribution in [0.1, 0.15) is 40.4 Å². The predicted molar refractivity (Wildman–Crippen MR) is 93.4 cm³/mol. The second-order valence-corrected chi connectivity index (χ2v) is 7.10. The van der Waals surface area contributed by atoms with Crippen LogP contribution in [0.5, 0.6) is 0 Å². The smallest absolute Gasteiger partial charge is 0.271 e. The molecule has 0 saturated heterocycles. The molecule has 1 fully saturated rings. The van der Waals surface area contributed by atoms with Gasteiger partial charge in [-0.3, -0.25) is 14.0 Å². The number of aryl methyl sites for hydroxylation is 1. The second-order valence-electron chi connectivity index (χ2n) is 6.23. The third-order valence-corrected chi connectivity index (χ3v) is 5.17. The first kappa shape index (κ1) is 15.1. The number of carbonyl (C=O) groups excluding carboxylic acids is 1. The molecule has 1 unspecified atom stereocenters. The minimum atomic E-state index is -0.356. The van der Waals surface area contributed by atoms with Crippen LogP contribution in [0.15, 0.2) is 46.8 Å². The van der Waals surface area contributed by atoms with Crippen molar-refractivity contribution in [3.8, 4) is 0 Å². The quantitative estimate of drug-likeness (QED) is 0.795. The van der Waals surface area contributed by atoms with Gasteiger partial charge in [0.25, 0.3) is 11.5 Å². The number of amides is 1. The summed E-state index contributed by atoms with van der Waals surface area (Å²) in [5.41, 5.74) is 2.03. The molecule has 6 heteroatoms. The van der Waals surface area contributed by atoms with Crippen LogP contribution in [-0.2, 0) is 0 Å². The van der Waals surface area contributed by atoms with E-state index in [1.807, 2.05) is 31.2 Å². The van der Waals surface area contributed by atoms with E-state index < -0.39 is 0 Å². The Morgan fingerprint density at radius 3 is 2.79 bits per heavy atom. The molecular weight excluding hydrogens is 322 g/mol. The van der Waals surface area contributed by atoms with Crippen molar-refractivity contribution in [3.05, 3.63) is 69.1 Å². The van der Waals surface area contributed by atoms with Crippen LogP contribution in [0.4, 0.5) is 0 Å². The molecule has 1 amide bonds. The van der Waals surface area contributed by atoms with Crippen molar-refractivity contribution < 1.29 is 4.79 Å². The molecule has 3 aromatic rings. The van der Waals surface area contributed by atoms with Gasteiger partial charge >= 0.3 is 0 Å². The Hall–Kier alpha value is -2.47. The molecular formula is C18H17N3O2S. The predicted octanol–water partition coefficient (Wildman–Crippen LogP) is 2.95. The monoisotopic (exact) mass is 339 g/mol. The molecule has 2 heterocycles. The highest BCUT2D eigenvalue weighted by atomic mass is 32.1. The van der Waals surface area contributed by atoms with Crippen molar-refractivity contribution in [2.75, 3.05) is 0 Å². The number of fused-ring (bicyclic) bond motifs is 1. The van der Waals surface area contributed by atoms with Gasteiger partial charge in [0.15, 0.2) is 4.96 Å². The van der Waals surface area contributed by atoms with Crippen molar-refractivity contribution in [1.82, 2.24) is 14.7 Å². The minimum Gasteiger partial charge on any atom is -0.345 e. The first-order valence-corrected chi connectivity index (χ1v) is 8.84. The zero-order chi connectivity index (χ0) is 16.7. The topological polar surface area (TPSA) is 63.5 Å². The number of benzene rings is 1. The third kappa shape index (κ3) is 2.73.